The summed E-state index contributed by atoms with van der Waals surface area (Å²) in [5.41, 5.74) is -0.890. The van der Waals surface area contributed by atoms with E-state index >= 15 is 0 Å². The first kappa shape index (κ1) is 19.3. The van der Waals surface area contributed by atoms with Gasteiger partial charge in [-0.1, -0.05) is 36.7 Å². The minimum atomic E-state index is -4.54. The molecule has 1 fully saturated rings. The van der Waals surface area contributed by atoms with Crippen molar-refractivity contribution in [2.24, 2.45) is 0 Å². The van der Waals surface area contributed by atoms with Gasteiger partial charge in [-0.15, -0.1) is 0 Å². The number of hydrogen-bond acceptors (Lipinski definition) is 5. The van der Waals surface area contributed by atoms with Crippen LogP contribution in [0.25, 0.3) is 0 Å². The van der Waals surface area contributed by atoms with Crippen LogP contribution in [-0.4, -0.2) is 34.0 Å². The lowest BCUT2D eigenvalue weighted by Gasteiger charge is -2.35. The number of unbranched alkanes of at least 4 members (excludes halogenated alkanes) is 1. The van der Waals surface area contributed by atoms with Gasteiger partial charge in [0, 0.05) is 19.5 Å². The Balaban J connectivity index is 1.86. The average molecular weight is 382 g/mol. The zero-order valence-corrected chi connectivity index (χ0v) is 14.9. The highest BCUT2D eigenvalue weighted by atomic mass is 19.4. The van der Waals surface area contributed by atoms with Crippen molar-refractivity contribution in [1.29, 1.82) is 0 Å². The summed E-state index contributed by atoms with van der Waals surface area (Å²) in [6.07, 6.45) is -1.95. The van der Waals surface area contributed by atoms with Crippen molar-refractivity contribution in [3.63, 3.8) is 0 Å². The standard InChI is InChI=1S/C18H21F3N4O2/c1-2-3-8-14-23-15(27-24-14)11-25-10-9-22-17(26)16(25)12-6-4-5-7-13(12)18(19,20)21/h4-7,16H,2-3,8-11H2,1H3,(H,22,26). The third-order valence-electron chi connectivity index (χ3n) is 4.47. The van der Waals surface area contributed by atoms with Crippen molar-refractivity contribution in [3.05, 3.63) is 47.1 Å². The summed E-state index contributed by atoms with van der Waals surface area (Å²) in [5.74, 6) is 0.398. The van der Waals surface area contributed by atoms with E-state index in [1.807, 2.05) is 0 Å². The first-order chi connectivity index (χ1) is 12.9. The summed E-state index contributed by atoms with van der Waals surface area (Å²) in [7, 11) is 0. The van der Waals surface area contributed by atoms with Gasteiger partial charge < -0.3 is 9.84 Å². The zero-order valence-electron chi connectivity index (χ0n) is 14.9. The fraction of sp³-hybridized carbons (Fsp3) is 0.500. The van der Waals surface area contributed by atoms with Crippen LogP contribution in [0.1, 0.15) is 48.6 Å². The van der Waals surface area contributed by atoms with Crippen molar-refractivity contribution in [2.45, 2.75) is 44.9 Å². The van der Waals surface area contributed by atoms with Crippen molar-refractivity contribution in [3.8, 4) is 0 Å². The highest BCUT2D eigenvalue weighted by Gasteiger charge is 2.40. The number of nitrogens with zero attached hydrogens (tertiary/aromatic N) is 3. The van der Waals surface area contributed by atoms with Crippen LogP contribution in [0.2, 0.25) is 0 Å². The monoisotopic (exact) mass is 382 g/mol. The fourth-order valence-corrected chi connectivity index (χ4v) is 3.18. The second-order valence-electron chi connectivity index (χ2n) is 6.46. The Morgan fingerprint density at radius 3 is 2.85 bits per heavy atom. The van der Waals surface area contributed by atoms with Crippen molar-refractivity contribution in [2.75, 3.05) is 13.1 Å². The Bertz CT molecular complexity index is 791. The molecule has 3 rings (SSSR count). The molecule has 1 aromatic heterocycles. The average Bonchev–Trinajstić information content (AvgIpc) is 3.07. The summed E-state index contributed by atoms with van der Waals surface area (Å²) in [4.78, 5) is 18.4. The molecule has 1 aliphatic rings. The molecule has 0 radical (unpaired) electrons. The number of hydrogen-bond donors (Lipinski definition) is 1. The molecular weight excluding hydrogens is 361 g/mol. The zero-order chi connectivity index (χ0) is 19.4. The van der Waals surface area contributed by atoms with E-state index in [0.29, 0.717) is 31.2 Å². The Kier molecular flexibility index (Phi) is 5.79. The summed E-state index contributed by atoms with van der Waals surface area (Å²) >= 11 is 0. The van der Waals surface area contributed by atoms with Gasteiger partial charge in [0.25, 0.3) is 0 Å². The van der Waals surface area contributed by atoms with E-state index in [1.165, 1.54) is 18.2 Å². The molecule has 1 amide bonds. The molecule has 0 spiro atoms. The van der Waals surface area contributed by atoms with Crippen molar-refractivity contribution < 1.29 is 22.5 Å². The molecule has 0 bridgehead atoms. The van der Waals surface area contributed by atoms with Gasteiger partial charge in [-0.05, 0) is 18.1 Å². The quantitative estimate of drug-likeness (QED) is 0.831. The van der Waals surface area contributed by atoms with Crippen LogP contribution >= 0.6 is 0 Å². The van der Waals surface area contributed by atoms with E-state index in [-0.39, 0.29) is 12.1 Å². The lowest BCUT2D eigenvalue weighted by Crippen LogP contribution is -2.50. The molecule has 0 aliphatic carbocycles. The fourth-order valence-electron chi connectivity index (χ4n) is 3.18. The van der Waals surface area contributed by atoms with E-state index in [4.69, 9.17) is 4.52 Å². The van der Waals surface area contributed by atoms with Gasteiger partial charge in [-0.3, -0.25) is 9.69 Å². The largest absolute Gasteiger partial charge is 0.416 e. The van der Waals surface area contributed by atoms with Gasteiger partial charge in [0.1, 0.15) is 6.04 Å². The lowest BCUT2D eigenvalue weighted by molar-refractivity contribution is -0.140. The minimum Gasteiger partial charge on any atom is -0.353 e. The van der Waals surface area contributed by atoms with Crippen LogP contribution in [0.3, 0.4) is 0 Å². The first-order valence-electron chi connectivity index (χ1n) is 8.89. The van der Waals surface area contributed by atoms with E-state index in [0.717, 1.165) is 18.9 Å². The second kappa shape index (κ2) is 8.08. The van der Waals surface area contributed by atoms with Crippen LogP contribution in [0, 0.1) is 0 Å². The number of benzene rings is 1. The molecule has 1 atom stereocenters. The van der Waals surface area contributed by atoms with Gasteiger partial charge in [0.05, 0.1) is 12.1 Å². The Hall–Kier alpha value is -2.42. The number of amides is 1. The van der Waals surface area contributed by atoms with Crippen LogP contribution in [0.4, 0.5) is 13.2 Å². The molecule has 2 aromatic rings. The third kappa shape index (κ3) is 4.47. The molecule has 1 unspecified atom stereocenters. The summed E-state index contributed by atoms with van der Waals surface area (Å²) in [6.45, 7) is 2.90. The number of carbonyl (C=O) groups is 1. The maximum absolute atomic E-state index is 13.4. The summed E-state index contributed by atoms with van der Waals surface area (Å²) in [6, 6.07) is 4.08. The molecule has 9 heteroatoms. The van der Waals surface area contributed by atoms with Gasteiger partial charge in [0.2, 0.25) is 11.8 Å². The van der Waals surface area contributed by atoms with Gasteiger partial charge in [-0.25, -0.2) is 0 Å². The molecule has 6 nitrogen and oxygen atoms in total. The number of piperazine rings is 1. The first-order valence-corrected chi connectivity index (χ1v) is 8.89. The normalized spacial score (nSPS) is 18.5. The van der Waals surface area contributed by atoms with E-state index in [1.54, 1.807) is 4.90 Å². The van der Waals surface area contributed by atoms with Crippen molar-refractivity contribution in [1.82, 2.24) is 20.4 Å². The summed E-state index contributed by atoms with van der Waals surface area (Å²) < 4.78 is 45.5. The third-order valence-corrected chi connectivity index (χ3v) is 4.47. The predicted octanol–water partition coefficient (Wildman–Crippen LogP) is 3.10. The van der Waals surface area contributed by atoms with Crippen LogP contribution in [0.15, 0.2) is 28.8 Å². The van der Waals surface area contributed by atoms with Gasteiger partial charge in [0.15, 0.2) is 5.82 Å². The second-order valence-corrected chi connectivity index (χ2v) is 6.46. The number of nitrogens with one attached hydrogen (secondary N) is 1. The lowest BCUT2D eigenvalue weighted by atomic mass is 9.96. The predicted molar refractivity (Wildman–Crippen MR) is 90.5 cm³/mol. The van der Waals surface area contributed by atoms with E-state index in [2.05, 4.69) is 22.4 Å². The Morgan fingerprint density at radius 2 is 2.11 bits per heavy atom. The Morgan fingerprint density at radius 1 is 1.33 bits per heavy atom. The number of aromatic nitrogens is 2. The molecule has 1 N–H and O–H groups in total. The molecular formula is C18H21F3N4O2. The highest BCUT2D eigenvalue weighted by Crippen LogP contribution is 2.37. The molecule has 1 saturated heterocycles. The van der Waals surface area contributed by atoms with Crippen LogP contribution in [0.5, 0.6) is 0 Å². The number of alkyl halides is 3. The topological polar surface area (TPSA) is 71.3 Å². The van der Waals surface area contributed by atoms with Gasteiger partial charge in [-0.2, -0.15) is 18.2 Å². The van der Waals surface area contributed by atoms with E-state index in [9.17, 15) is 18.0 Å². The van der Waals surface area contributed by atoms with Crippen LogP contribution < -0.4 is 5.32 Å². The number of rotatable bonds is 6. The molecule has 146 valence electrons. The van der Waals surface area contributed by atoms with E-state index < -0.39 is 23.7 Å². The smallest absolute Gasteiger partial charge is 0.353 e. The maximum atomic E-state index is 13.4. The summed E-state index contributed by atoms with van der Waals surface area (Å²) in [5, 5.41) is 6.54. The molecule has 2 heterocycles. The number of halogens is 3. The molecule has 1 aliphatic heterocycles. The Labute approximate surface area is 154 Å². The van der Waals surface area contributed by atoms with Crippen LogP contribution in [-0.2, 0) is 23.9 Å². The highest BCUT2D eigenvalue weighted by molar-refractivity contribution is 5.84. The minimum absolute atomic E-state index is 0.0760. The number of aryl methyl sites for hydroxylation is 1. The molecule has 1 aromatic carbocycles. The maximum Gasteiger partial charge on any atom is 0.416 e. The molecule has 27 heavy (non-hydrogen) atoms. The number of carbonyl (C=O) groups excluding carboxylic acids is 1. The molecule has 0 saturated carbocycles. The van der Waals surface area contributed by atoms with Gasteiger partial charge >= 0.3 is 6.18 Å². The SMILES string of the molecule is CCCCc1noc(CN2CCNC(=O)C2c2ccccc2C(F)(F)F)n1. The van der Waals surface area contributed by atoms with Crippen molar-refractivity contribution >= 4 is 5.91 Å².